The van der Waals surface area contributed by atoms with Crippen molar-refractivity contribution in [3.8, 4) is 0 Å². The van der Waals surface area contributed by atoms with Crippen molar-refractivity contribution in [3.63, 3.8) is 0 Å². The summed E-state index contributed by atoms with van der Waals surface area (Å²) in [5.41, 5.74) is 1.97. The van der Waals surface area contributed by atoms with Gasteiger partial charge in [-0.1, -0.05) is 13.0 Å². The summed E-state index contributed by atoms with van der Waals surface area (Å²) in [5, 5.41) is 5.86. The summed E-state index contributed by atoms with van der Waals surface area (Å²) in [5.74, 6) is 0.872. The van der Waals surface area contributed by atoms with Gasteiger partial charge in [0, 0.05) is 26.3 Å². The van der Waals surface area contributed by atoms with Crippen molar-refractivity contribution in [1.29, 1.82) is 0 Å². The first kappa shape index (κ1) is 15.3. The molecule has 2 rings (SSSR count). The third-order valence-electron chi connectivity index (χ3n) is 3.36. The van der Waals surface area contributed by atoms with Crippen molar-refractivity contribution in [2.75, 3.05) is 32.1 Å². The highest BCUT2D eigenvalue weighted by atomic mass is 16.1. The SMILES string of the molecule is CCCN(CC(=O)NC)c1nc2ccccn2c1CNC. The number of imidazole rings is 1. The topological polar surface area (TPSA) is 61.7 Å². The number of likely N-dealkylation sites (N-methyl/N-ethyl adjacent to an activating group) is 1. The average Bonchev–Trinajstić information content (AvgIpc) is 2.86. The fourth-order valence-electron chi connectivity index (χ4n) is 2.40. The third-order valence-corrected chi connectivity index (χ3v) is 3.36. The molecule has 6 nitrogen and oxygen atoms in total. The predicted molar refractivity (Wildman–Crippen MR) is 84.5 cm³/mol. The number of aromatic nitrogens is 2. The van der Waals surface area contributed by atoms with Crippen LogP contribution in [-0.2, 0) is 11.3 Å². The Morgan fingerprint density at radius 2 is 2.19 bits per heavy atom. The van der Waals surface area contributed by atoms with Gasteiger partial charge < -0.3 is 19.9 Å². The van der Waals surface area contributed by atoms with Gasteiger partial charge in [0.2, 0.25) is 5.91 Å². The number of rotatable bonds is 7. The maximum absolute atomic E-state index is 11.8. The van der Waals surface area contributed by atoms with E-state index in [1.54, 1.807) is 7.05 Å². The summed E-state index contributed by atoms with van der Waals surface area (Å²) in [6, 6.07) is 5.94. The number of anilines is 1. The maximum Gasteiger partial charge on any atom is 0.239 e. The number of nitrogens with one attached hydrogen (secondary N) is 2. The summed E-state index contributed by atoms with van der Waals surface area (Å²) in [7, 11) is 3.57. The molecule has 0 atom stereocenters. The number of hydrogen-bond donors (Lipinski definition) is 2. The van der Waals surface area contributed by atoms with Gasteiger partial charge in [-0.05, 0) is 25.6 Å². The molecule has 2 aromatic rings. The lowest BCUT2D eigenvalue weighted by Crippen LogP contribution is -2.37. The average molecular weight is 289 g/mol. The van der Waals surface area contributed by atoms with Gasteiger partial charge in [0.05, 0.1) is 12.2 Å². The molecular formula is C15H23N5O. The number of carbonyl (C=O) groups excluding carboxylic acids is 1. The Morgan fingerprint density at radius 1 is 1.38 bits per heavy atom. The van der Waals surface area contributed by atoms with Crippen LogP contribution in [-0.4, -0.2) is 42.5 Å². The first-order chi connectivity index (χ1) is 10.2. The molecule has 0 saturated carbocycles. The quantitative estimate of drug-likeness (QED) is 0.799. The smallest absolute Gasteiger partial charge is 0.239 e. The van der Waals surface area contributed by atoms with Crippen LogP contribution in [0.4, 0.5) is 5.82 Å². The van der Waals surface area contributed by atoms with Crippen LogP contribution in [0, 0.1) is 0 Å². The van der Waals surface area contributed by atoms with E-state index in [4.69, 9.17) is 4.98 Å². The van der Waals surface area contributed by atoms with E-state index < -0.39 is 0 Å². The highest BCUT2D eigenvalue weighted by Crippen LogP contribution is 2.22. The summed E-state index contributed by atoms with van der Waals surface area (Å²) >= 11 is 0. The second kappa shape index (κ2) is 7.08. The molecule has 0 saturated heterocycles. The van der Waals surface area contributed by atoms with Crippen LogP contribution in [0.15, 0.2) is 24.4 Å². The number of amides is 1. The van der Waals surface area contributed by atoms with Crippen molar-refractivity contribution in [1.82, 2.24) is 20.0 Å². The van der Waals surface area contributed by atoms with E-state index in [0.717, 1.165) is 30.1 Å². The Morgan fingerprint density at radius 3 is 2.86 bits per heavy atom. The van der Waals surface area contributed by atoms with E-state index in [-0.39, 0.29) is 5.91 Å². The molecule has 21 heavy (non-hydrogen) atoms. The lowest BCUT2D eigenvalue weighted by molar-refractivity contribution is -0.119. The van der Waals surface area contributed by atoms with Crippen molar-refractivity contribution in [3.05, 3.63) is 30.1 Å². The van der Waals surface area contributed by atoms with Gasteiger partial charge in [-0.2, -0.15) is 0 Å². The van der Waals surface area contributed by atoms with Crippen molar-refractivity contribution < 1.29 is 4.79 Å². The molecule has 0 aliphatic carbocycles. The Kier molecular flexibility index (Phi) is 5.16. The van der Waals surface area contributed by atoms with Gasteiger partial charge in [-0.15, -0.1) is 0 Å². The number of nitrogens with zero attached hydrogens (tertiary/aromatic N) is 3. The fourth-order valence-corrected chi connectivity index (χ4v) is 2.40. The van der Waals surface area contributed by atoms with Crippen molar-refractivity contribution >= 4 is 17.4 Å². The minimum Gasteiger partial charge on any atom is -0.358 e. The van der Waals surface area contributed by atoms with Gasteiger partial charge in [-0.25, -0.2) is 4.98 Å². The fraction of sp³-hybridized carbons (Fsp3) is 0.467. The maximum atomic E-state index is 11.8. The Bertz CT molecular complexity index is 607. The molecule has 2 heterocycles. The predicted octanol–water partition coefficient (Wildman–Crippen LogP) is 1.02. The largest absolute Gasteiger partial charge is 0.358 e. The van der Waals surface area contributed by atoms with E-state index in [2.05, 4.69) is 22.0 Å². The van der Waals surface area contributed by atoms with E-state index in [1.807, 2.05) is 36.3 Å². The number of carbonyl (C=O) groups is 1. The summed E-state index contributed by atoms with van der Waals surface area (Å²) in [6.07, 6.45) is 2.96. The molecule has 0 radical (unpaired) electrons. The lowest BCUT2D eigenvalue weighted by Gasteiger charge is -2.22. The lowest BCUT2D eigenvalue weighted by atomic mass is 10.3. The van der Waals surface area contributed by atoms with Crippen LogP contribution in [0.3, 0.4) is 0 Å². The molecule has 0 aromatic carbocycles. The summed E-state index contributed by atoms with van der Waals surface area (Å²) in [6.45, 7) is 3.93. The molecule has 0 aliphatic rings. The van der Waals surface area contributed by atoms with Crippen LogP contribution in [0.2, 0.25) is 0 Å². The number of pyridine rings is 1. The van der Waals surface area contributed by atoms with Gasteiger partial charge in [-0.3, -0.25) is 4.79 Å². The van der Waals surface area contributed by atoms with Crippen LogP contribution in [0.1, 0.15) is 19.0 Å². The first-order valence-corrected chi connectivity index (χ1v) is 7.27. The van der Waals surface area contributed by atoms with Gasteiger partial charge in [0.25, 0.3) is 0 Å². The van der Waals surface area contributed by atoms with E-state index in [1.165, 1.54) is 0 Å². The standard InChI is InChI=1S/C15H23N5O/c1-4-8-19(11-14(21)17-3)15-12(10-16-2)20-9-6-5-7-13(20)18-15/h5-7,9,16H,4,8,10-11H2,1-3H3,(H,17,21). The Balaban J connectivity index is 2.44. The van der Waals surface area contributed by atoms with Gasteiger partial charge in [0.1, 0.15) is 5.65 Å². The van der Waals surface area contributed by atoms with Crippen LogP contribution in [0.25, 0.3) is 5.65 Å². The monoisotopic (exact) mass is 289 g/mol. The van der Waals surface area contributed by atoms with Crippen LogP contribution in [0.5, 0.6) is 0 Å². The summed E-state index contributed by atoms with van der Waals surface area (Å²) < 4.78 is 2.07. The molecule has 0 spiro atoms. The van der Waals surface area contributed by atoms with Gasteiger partial charge in [0.15, 0.2) is 5.82 Å². The van der Waals surface area contributed by atoms with Crippen LogP contribution >= 0.6 is 0 Å². The van der Waals surface area contributed by atoms with Gasteiger partial charge >= 0.3 is 0 Å². The minimum atomic E-state index is -0.00378. The minimum absolute atomic E-state index is 0.00378. The second-order valence-corrected chi connectivity index (χ2v) is 4.94. The zero-order valence-electron chi connectivity index (χ0n) is 12.9. The zero-order valence-corrected chi connectivity index (χ0v) is 12.9. The second-order valence-electron chi connectivity index (χ2n) is 4.94. The molecule has 6 heteroatoms. The molecule has 2 aromatic heterocycles. The molecule has 0 fully saturated rings. The first-order valence-electron chi connectivity index (χ1n) is 7.27. The highest BCUT2D eigenvalue weighted by molar-refractivity contribution is 5.81. The molecular weight excluding hydrogens is 266 g/mol. The third kappa shape index (κ3) is 3.33. The summed E-state index contributed by atoms with van der Waals surface area (Å²) in [4.78, 5) is 18.5. The molecule has 2 N–H and O–H groups in total. The van der Waals surface area contributed by atoms with Crippen LogP contribution < -0.4 is 15.5 Å². The molecule has 114 valence electrons. The Hall–Kier alpha value is -2.08. The molecule has 0 aliphatic heterocycles. The highest BCUT2D eigenvalue weighted by Gasteiger charge is 2.19. The molecule has 0 unspecified atom stereocenters. The van der Waals surface area contributed by atoms with E-state index in [0.29, 0.717) is 13.1 Å². The van der Waals surface area contributed by atoms with Crippen molar-refractivity contribution in [2.45, 2.75) is 19.9 Å². The normalized spacial score (nSPS) is 10.8. The van der Waals surface area contributed by atoms with Crippen molar-refractivity contribution in [2.24, 2.45) is 0 Å². The van der Waals surface area contributed by atoms with E-state index in [9.17, 15) is 4.79 Å². The van der Waals surface area contributed by atoms with E-state index >= 15 is 0 Å². The Labute approximate surface area is 125 Å². The number of fused-ring (bicyclic) bond motifs is 1. The number of hydrogen-bond acceptors (Lipinski definition) is 4. The zero-order chi connectivity index (χ0) is 15.2. The molecule has 1 amide bonds. The molecule has 0 bridgehead atoms.